The van der Waals surface area contributed by atoms with Gasteiger partial charge in [-0.3, -0.25) is 10.0 Å². The first-order chi connectivity index (χ1) is 15.1. The van der Waals surface area contributed by atoms with Crippen molar-refractivity contribution in [1.29, 1.82) is 0 Å². The minimum atomic E-state index is -4.18. The molecule has 3 rings (SSSR count). The van der Waals surface area contributed by atoms with Crippen molar-refractivity contribution >= 4 is 22.1 Å². The van der Waals surface area contributed by atoms with Crippen molar-refractivity contribution < 1.29 is 32.7 Å². The number of hydroxylamine groups is 1. The molecule has 1 aromatic carbocycles. The second-order valence-electron chi connectivity index (χ2n) is 8.11. The fraction of sp³-hybridized carbons (Fsp3) is 0.579. The molecule has 1 aromatic rings. The highest BCUT2D eigenvalue weighted by molar-refractivity contribution is 7.86. The Balaban J connectivity index is 1.76. The van der Waals surface area contributed by atoms with Gasteiger partial charge in [0, 0.05) is 52.7 Å². The summed E-state index contributed by atoms with van der Waals surface area (Å²) < 4.78 is 41.9. The topological polar surface area (TPSA) is 134 Å². The molecule has 0 spiro atoms. The number of benzene rings is 1. The van der Waals surface area contributed by atoms with Crippen molar-refractivity contribution in [3.05, 3.63) is 35.6 Å². The number of halogens is 1. The third-order valence-electron chi connectivity index (χ3n) is 5.86. The summed E-state index contributed by atoms with van der Waals surface area (Å²) in [5.74, 6) is -1.71. The van der Waals surface area contributed by atoms with Gasteiger partial charge in [-0.25, -0.2) is 14.7 Å². The molecular weight excluding hydrogens is 445 g/mol. The lowest BCUT2D eigenvalue weighted by Gasteiger charge is -2.43. The van der Waals surface area contributed by atoms with Gasteiger partial charge in [0.25, 0.3) is 16.1 Å². The minimum Gasteiger partial charge on any atom is -0.391 e. The van der Waals surface area contributed by atoms with Gasteiger partial charge in [0.2, 0.25) is 0 Å². The predicted octanol–water partition coefficient (Wildman–Crippen LogP) is -0.606. The average Bonchev–Trinajstić information content (AvgIpc) is 2.78. The smallest absolute Gasteiger partial charge is 0.319 e. The molecule has 0 bridgehead atoms. The van der Waals surface area contributed by atoms with E-state index in [0.29, 0.717) is 12.0 Å². The number of carbonyl (C=O) groups excluding carboxylic acids is 2. The van der Waals surface area contributed by atoms with Crippen molar-refractivity contribution in [3.8, 4) is 0 Å². The lowest BCUT2D eigenvalue weighted by atomic mass is 9.88. The normalized spacial score (nSPS) is 25.4. The summed E-state index contributed by atoms with van der Waals surface area (Å²) in [7, 11) is -1.10. The molecule has 3 amide bonds. The van der Waals surface area contributed by atoms with Crippen LogP contribution < -0.4 is 5.48 Å². The zero-order valence-electron chi connectivity index (χ0n) is 17.9. The fourth-order valence-electron chi connectivity index (χ4n) is 4.15. The van der Waals surface area contributed by atoms with E-state index in [1.54, 1.807) is 26.2 Å². The number of piperazine rings is 1. The number of nitrogens with zero attached hydrogens (tertiary/aromatic N) is 4. The fourth-order valence-corrected chi connectivity index (χ4v) is 5.92. The zero-order valence-corrected chi connectivity index (χ0v) is 18.7. The molecule has 3 atom stereocenters. The Labute approximate surface area is 186 Å². The van der Waals surface area contributed by atoms with Crippen molar-refractivity contribution in [3.63, 3.8) is 0 Å². The zero-order chi connectivity index (χ0) is 23.6. The van der Waals surface area contributed by atoms with Crippen LogP contribution in [0.25, 0.3) is 0 Å². The van der Waals surface area contributed by atoms with E-state index >= 15 is 0 Å². The van der Waals surface area contributed by atoms with Gasteiger partial charge in [-0.15, -0.1) is 0 Å². The van der Waals surface area contributed by atoms with Gasteiger partial charge in [-0.05, 0) is 24.1 Å². The highest BCUT2D eigenvalue weighted by Gasteiger charge is 2.45. The number of β-amino-alcohol motifs (C(OH)–C–C–N with tert-alkyl or cyclic N) is 1. The quantitative estimate of drug-likeness (QED) is 0.395. The van der Waals surface area contributed by atoms with E-state index in [0.717, 1.165) is 8.61 Å². The van der Waals surface area contributed by atoms with Crippen LogP contribution in [0.5, 0.6) is 0 Å². The standard InChI is InChI=1S/C19H28FN5O6S/c1-22(2)19(28)23-9-10-25(16(11-23)18(27)21-29)32(30,31)24-8-7-15(17(26)12-24)13-3-5-14(20)6-4-13/h3-6,15-17,26,29H,7-12H2,1-2H3,(H,21,27). The van der Waals surface area contributed by atoms with Gasteiger partial charge in [-0.1, -0.05) is 12.1 Å². The summed E-state index contributed by atoms with van der Waals surface area (Å²) in [5.41, 5.74) is 2.19. The molecule has 2 saturated heterocycles. The number of aliphatic hydroxyl groups excluding tert-OH is 1. The number of carbonyl (C=O) groups is 2. The molecule has 3 N–H and O–H groups in total. The van der Waals surface area contributed by atoms with E-state index < -0.39 is 34.1 Å². The highest BCUT2D eigenvalue weighted by atomic mass is 32.2. The Morgan fingerprint density at radius 1 is 1.12 bits per heavy atom. The summed E-state index contributed by atoms with van der Waals surface area (Å²) in [6, 6.07) is 4.00. The number of amides is 3. The Kier molecular flexibility index (Phi) is 7.35. The third-order valence-corrected chi connectivity index (χ3v) is 7.88. The lowest BCUT2D eigenvalue weighted by molar-refractivity contribution is -0.134. The second kappa shape index (κ2) is 9.67. The Morgan fingerprint density at radius 2 is 1.78 bits per heavy atom. The molecule has 2 fully saturated rings. The van der Waals surface area contributed by atoms with E-state index in [-0.39, 0.29) is 44.7 Å². The Morgan fingerprint density at radius 3 is 2.34 bits per heavy atom. The van der Waals surface area contributed by atoms with Gasteiger partial charge in [0.05, 0.1) is 6.10 Å². The molecular formula is C19H28FN5O6S. The van der Waals surface area contributed by atoms with Gasteiger partial charge in [-0.2, -0.15) is 17.0 Å². The maximum absolute atomic E-state index is 13.3. The molecule has 11 nitrogen and oxygen atoms in total. The molecule has 0 saturated carbocycles. The predicted molar refractivity (Wildman–Crippen MR) is 111 cm³/mol. The van der Waals surface area contributed by atoms with Gasteiger partial charge < -0.3 is 14.9 Å². The van der Waals surface area contributed by atoms with Crippen LogP contribution in [0.4, 0.5) is 9.18 Å². The Bertz CT molecular complexity index is 944. The first-order valence-electron chi connectivity index (χ1n) is 10.2. The van der Waals surface area contributed by atoms with Gasteiger partial charge in [0.1, 0.15) is 11.9 Å². The number of rotatable bonds is 4. The van der Waals surface area contributed by atoms with Gasteiger partial charge in [0.15, 0.2) is 0 Å². The average molecular weight is 474 g/mol. The third kappa shape index (κ3) is 4.86. The molecule has 0 radical (unpaired) electrons. The molecule has 2 aliphatic heterocycles. The molecule has 13 heteroatoms. The van der Waals surface area contributed by atoms with Crippen LogP contribution in [0.15, 0.2) is 24.3 Å². The van der Waals surface area contributed by atoms with Gasteiger partial charge >= 0.3 is 6.03 Å². The van der Waals surface area contributed by atoms with Crippen LogP contribution in [0.3, 0.4) is 0 Å². The van der Waals surface area contributed by atoms with Crippen molar-refractivity contribution in [2.75, 3.05) is 46.8 Å². The molecule has 2 aliphatic rings. The van der Waals surface area contributed by atoms with Crippen LogP contribution in [-0.4, -0.2) is 108 Å². The number of aliphatic hydroxyl groups is 1. The van der Waals surface area contributed by atoms with Crippen LogP contribution >= 0.6 is 0 Å². The van der Waals surface area contributed by atoms with Crippen LogP contribution in [0.2, 0.25) is 0 Å². The summed E-state index contributed by atoms with van der Waals surface area (Å²) in [4.78, 5) is 27.2. The lowest BCUT2D eigenvalue weighted by Crippen LogP contribution is -2.65. The summed E-state index contributed by atoms with van der Waals surface area (Å²) >= 11 is 0. The van der Waals surface area contributed by atoms with E-state index in [1.165, 1.54) is 27.4 Å². The minimum absolute atomic E-state index is 0.0695. The number of piperidine rings is 1. The monoisotopic (exact) mass is 473 g/mol. The first kappa shape index (κ1) is 24.3. The van der Waals surface area contributed by atoms with Crippen LogP contribution in [0, 0.1) is 5.82 Å². The maximum atomic E-state index is 13.3. The van der Waals surface area contributed by atoms with E-state index in [9.17, 15) is 27.5 Å². The number of urea groups is 1. The number of hydrogen-bond donors (Lipinski definition) is 3. The largest absolute Gasteiger partial charge is 0.391 e. The highest BCUT2D eigenvalue weighted by Crippen LogP contribution is 2.31. The molecule has 2 heterocycles. The van der Waals surface area contributed by atoms with Crippen molar-refractivity contribution in [2.45, 2.75) is 24.5 Å². The van der Waals surface area contributed by atoms with Crippen LogP contribution in [0.1, 0.15) is 17.9 Å². The maximum Gasteiger partial charge on any atom is 0.319 e. The summed E-state index contributed by atoms with van der Waals surface area (Å²) in [6.07, 6.45) is -0.715. The number of hydrogen-bond acceptors (Lipinski definition) is 6. The number of nitrogens with one attached hydrogen (secondary N) is 1. The molecule has 0 aromatic heterocycles. The summed E-state index contributed by atoms with van der Waals surface area (Å²) in [5, 5.41) is 19.7. The van der Waals surface area contributed by atoms with Crippen molar-refractivity contribution in [2.24, 2.45) is 0 Å². The second-order valence-corrected chi connectivity index (χ2v) is 9.99. The van der Waals surface area contributed by atoms with E-state index in [1.807, 2.05) is 0 Å². The van der Waals surface area contributed by atoms with E-state index in [4.69, 9.17) is 5.21 Å². The first-order valence-corrected chi connectivity index (χ1v) is 11.6. The van der Waals surface area contributed by atoms with Crippen LogP contribution in [-0.2, 0) is 15.0 Å². The molecule has 32 heavy (non-hydrogen) atoms. The SMILES string of the molecule is CN(C)C(=O)N1CCN(S(=O)(=O)N2CCC(c3ccc(F)cc3)C(O)C2)C(C(=O)NO)C1. The Hall–Kier alpha value is -2.32. The van der Waals surface area contributed by atoms with Crippen molar-refractivity contribution in [1.82, 2.24) is 23.9 Å². The molecule has 178 valence electrons. The molecule has 0 aliphatic carbocycles. The molecule has 3 unspecified atom stereocenters. The van der Waals surface area contributed by atoms with E-state index in [2.05, 4.69) is 0 Å². The summed E-state index contributed by atoms with van der Waals surface area (Å²) in [6.45, 7) is -0.411.